The molecule has 2 aliphatic rings. The van der Waals surface area contributed by atoms with Gasteiger partial charge in [0.1, 0.15) is 0 Å². The number of hydrogen-bond donors (Lipinski definition) is 1. The molecule has 2 heterocycles. The third-order valence-electron chi connectivity index (χ3n) is 4.00. The molecule has 9 heteroatoms. The fraction of sp³-hybridized carbons (Fsp3) is 0.375. The number of aliphatic imine (C=N–C) groups is 1. The van der Waals surface area contributed by atoms with E-state index >= 15 is 0 Å². The molecule has 1 N–H and O–H groups in total. The topological polar surface area (TPSA) is 56.1 Å². The standard InChI is InChI=1S/C16H16F3N3O2S/c1-10-13(23)22(12-6-4-11(5-7-12)16(17,18)19)15(25-10)20-14(24)21-8-2-3-9-21/h4-7,13,23H,1-3,8-9H2/b20-15-. The molecule has 1 aromatic rings. The molecule has 3 rings (SSSR count). The largest absolute Gasteiger partial charge is 0.416 e. The Morgan fingerprint density at radius 3 is 2.40 bits per heavy atom. The molecule has 25 heavy (non-hydrogen) atoms. The summed E-state index contributed by atoms with van der Waals surface area (Å²) in [6.45, 7) is 4.97. The maximum Gasteiger partial charge on any atom is 0.416 e. The molecule has 2 aliphatic heterocycles. The predicted octanol–water partition coefficient (Wildman–Crippen LogP) is 3.66. The zero-order valence-corrected chi connectivity index (χ0v) is 14.0. The maximum absolute atomic E-state index is 12.7. The second-order valence-corrected chi connectivity index (χ2v) is 6.82. The van der Waals surface area contributed by atoms with Crippen LogP contribution >= 0.6 is 11.8 Å². The number of alkyl halides is 3. The van der Waals surface area contributed by atoms with E-state index in [1.807, 2.05) is 0 Å². The van der Waals surface area contributed by atoms with Crippen LogP contribution in [0.2, 0.25) is 0 Å². The fourth-order valence-electron chi connectivity index (χ4n) is 2.67. The first-order valence-electron chi connectivity index (χ1n) is 7.66. The van der Waals surface area contributed by atoms with Crippen LogP contribution in [0.1, 0.15) is 18.4 Å². The summed E-state index contributed by atoms with van der Waals surface area (Å²) >= 11 is 1.04. The van der Waals surface area contributed by atoms with Gasteiger partial charge in [-0.1, -0.05) is 18.3 Å². The number of carbonyl (C=O) groups excluding carboxylic acids is 1. The average Bonchev–Trinajstić information content (AvgIpc) is 3.16. The molecule has 1 unspecified atom stereocenters. The van der Waals surface area contributed by atoms with Crippen LogP contribution in [0.4, 0.5) is 23.7 Å². The van der Waals surface area contributed by atoms with Gasteiger partial charge in [-0.05, 0) is 37.1 Å². The molecule has 134 valence electrons. The monoisotopic (exact) mass is 371 g/mol. The minimum Gasteiger partial charge on any atom is -0.368 e. The van der Waals surface area contributed by atoms with Gasteiger partial charge in [0.25, 0.3) is 0 Å². The zero-order chi connectivity index (χ0) is 18.2. The molecule has 0 aliphatic carbocycles. The number of aliphatic hydroxyl groups excluding tert-OH is 1. The van der Waals surface area contributed by atoms with Gasteiger partial charge in [-0.2, -0.15) is 18.2 Å². The molecule has 0 saturated carbocycles. The van der Waals surface area contributed by atoms with Crippen molar-refractivity contribution in [1.82, 2.24) is 4.90 Å². The van der Waals surface area contributed by atoms with Gasteiger partial charge in [0.15, 0.2) is 11.4 Å². The van der Waals surface area contributed by atoms with Crippen LogP contribution in [0, 0.1) is 0 Å². The summed E-state index contributed by atoms with van der Waals surface area (Å²) in [7, 11) is 0. The Kier molecular flexibility index (Phi) is 4.79. The van der Waals surface area contributed by atoms with Gasteiger partial charge in [0, 0.05) is 23.7 Å². The Labute approximate surface area is 146 Å². The van der Waals surface area contributed by atoms with Crippen molar-refractivity contribution in [3.05, 3.63) is 41.3 Å². The number of urea groups is 1. The SMILES string of the molecule is C=C1S/C(=N\C(=O)N2CCCC2)N(c2ccc(C(F)(F)F)cc2)C1O. The highest BCUT2D eigenvalue weighted by atomic mass is 32.2. The number of carbonyl (C=O) groups is 1. The van der Waals surface area contributed by atoms with Crippen molar-refractivity contribution in [3.63, 3.8) is 0 Å². The van der Waals surface area contributed by atoms with Crippen LogP contribution < -0.4 is 4.90 Å². The lowest BCUT2D eigenvalue weighted by Crippen LogP contribution is -2.34. The second kappa shape index (κ2) is 6.72. The molecule has 0 bridgehead atoms. The molecule has 2 amide bonds. The normalized spacial score (nSPS) is 23.0. The summed E-state index contributed by atoms with van der Waals surface area (Å²) in [6.07, 6.45) is -3.76. The van der Waals surface area contributed by atoms with Crippen molar-refractivity contribution in [1.29, 1.82) is 0 Å². The lowest BCUT2D eigenvalue weighted by Gasteiger charge is -2.23. The quantitative estimate of drug-likeness (QED) is 0.819. The number of thioether (sulfide) groups is 1. The van der Waals surface area contributed by atoms with Crippen molar-refractivity contribution < 1.29 is 23.1 Å². The molecular formula is C16H16F3N3O2S. The molecule has 0 spiro atoms. The van der Waals surface area contributed by atoms with E-state index in [1.54, 1.807) is 4.90 Å². The third kappa shape index (κ3) is 3.67. The maximum atomic E-state index is 12.7. The van der Waals surface area contributed by atoms with Gasteiger partial charge >= 0.3 is 12.2 Å². The van der Waals surface area contributed by atoms with Crippen LogP contribution in [0.3, 0.4) is 0 Å². The van der Waals surface area contributed by atoms with Crippen molar-refractivity contribution in [2.75, 3.05) is 18.0 Å². The van der Waals surface area contributed by atoms with Gasteiger partial charge < -0.3 is 10.0 Å². The van der Waals surface area contributed by atoms with Crippen LogP contribution in [0.5, 0.6) is 0 Å². The van der Waals surface area contributed by atoms with E-state index < -0.39 is 24.0 Å². The van der Waals surface area contributed by atoms with E-state index in [-0.39, 0.29) is 5.17 Å². The first kappa shape index (κ1) is 17.8. The number of benzene rings is 1. The van der Waals surface area contributed by atoms with Crippen LogP contribution in [-0.4, -0.2) is 40.5 Å². The smallest absolute Gasteiger partial charge is 0.368 e. The lowest BCUT2D eigenvalue weighted by atomic mass is 10.2. The van der Waals surface area contributed by atoms with Crippen molar-refractivity contribution in [2.45, 2.75) is 25.2 Å². The molecular weight excluding hydrogens is 355 g/mol. The van der Waals surface area contributed by atoms with E-state index in [2.05, 4.69) is 11.6 Å². The molecule has 2 saturated heterocycles. The number of amides is 2. The number of hydrogen-bond acceptors (Lipinski definition) is 3. The van der Waals surface area contributed by atoms with Crippen molar-refractivity contribution in [3.8, 4) is 0 Å². The number of rotatable bonds is 1. The first-order chi connectivity index (χ1) is 11.8. The van der Waals surface area contributed by atoms with Gasteiger partial charge in [0.05, 0.1) is 5.56 Å². The van der Waals surface area contributed by atoms with Crippen LogP contribution in [-0.2, 0) is 6.18 Å². The minimum absolute atomic E-state index is 0.203. The summed E-state index contributed by atoms with van der Waals surface area (Å²) in [6, 6.07) is 3.91. The summed E-state index contributed by atoms with van der Waals surface area (Å²) in [4.78, 5) is 19.5. The lowest BCUT2D eigenvalue weighted by molar-refractivity contribution is -0.137. The summed E-state index contributed by atoms with van der Waals surface area (Å²) < 4.78 is 38.1. The Bertz CT molecular complexity index is 712. The Balaban J connectivity index is 1.88. The van der Waals surface area contributed by atoms with Crippen molar-refractivity contribution >= 4 is 28.6 Å². The number of nitrogens with zero attached hydrogens (tertiary/aromatic N) is 3. The van der Waals surface area contributed by atoms with E-state index in [0.29, 0.717) is 23.7 Å². The Hall–Kier alpha value is -2.00. The van der Waals surface area contributed by atoms with Crippen LogP contribution in [0.25, 0.3) is 0 Å². The Morgan fingerprint density at radius 1 is 1.24 bits per heavy atom. The number of anilines is 1. The number of amidine groups is 1. The highest BCUT2D eigenvalue weighted by Gasteiger charge is 2.36. The van der Waals surface area contributed by atoms with Gasteiger partial charge in [-0.25, -0.2) is 4.79 Å². The molecule has 1 aromatic carbocycles. The number of likely N-dealkylation sites (tertiary alicyclic amines) is 1. The molecule has 0 radical (unpaired) electrons. The number of aliphatic hydroxyl groups is 1. The van der Waals surface area contributed by atoms with E-state index in [1.165, 1.54) is 17.0 Å². The highest BCUT2D eigenvalue weighted by Crippen LogP contribution is 2.38. The van der Waals surface area contributed by atoms with Crippen molar-refractivity contribution in [2.24, 2.45) is 4.99 Å². The minimum atomic E-state index is -4.44. The molecule has 2 fully saturated rings. The van der Waals surface area contributed by atoms with Crippen LogP contribution in [0.15, 0.2) is 40.7 Å². The molecule has 5 nitrogen and oxygen atoms in total. The Morgan fingerprint density at radius 2 is 1.84 bits per heavy atom. The zero-order valence-electron chi connectivity index (χ0n) is 13.2. The van der Waals surface area contributed by atoms with E-state index in [9.17, 15) is 23.1 Å². The summed E-state index contributed by atoms with van der Waals surface area (Å²) in [5.41, 5.74) is -0.484. The van der Waals surface area contributed by atoms with E-state index in [0.717, 1.165) is 36.7 Å². The van der Waals surface area contributed by atoms with Gasteiger partial charge in [-0.3, -0.25) is 4.90 Å². The van der Waals surface area contributed by atoms with Gasteiger partial charge in [0.2, 0.25) is 0 Å². The van der Waals surface area contributed by atoms with E-state index in [4.69, 9.17) is 0 Å². The van der Waals surface area contributed by atoms with Gasteiger partial charge in [-0.15, -0.1) is 0 Å². The second-order valence-electron chi connectivity index (χ2n) is 5.73. The molecule has 0 aromatic heterocycles. The average molecular weight is 371 g/mol. The first-order valence-corrected chi connectivity index (χ1v) is 8.48. The predicted molar refractivity (Wildman–Crippen MR) is 90.3 cm³/mol. The molecule has 1 atom stereocenters. The highest BCUT2D eigenvalue weighted by molar-refractivity contribution is 8.18. The number of halogens is 3. The summed E-state index contributed by atoms with van der Waals surface area (Å²) in [5, 5.41) is 10.5. The fourth-order valence-corrected chi connectivity index (χ4v) is 3.54. The summed E-state index contributed by atoms with van der Waals surface area (Å²) in [5.74, 6) is 0. The third-order valence-corrected chi connectivity index (χ3v) is 4.95.